The fourth-order valence-corrected chi connectivity index (χ4v) is 4.04. The Kier molecular flexibility index (Phi) is 5.99. The molecule has 0 radical (unpaired) electrons. The van der Waals surface area contributed by atoms with Crippen molar-refractivity contribution in [1.29, 1.82) is 0 Å². The SMILES string of the molecule is CO[C@@]1(C)O[C@@H]2[C@@H](CCF)CN(Cc3ccccc3)C[C@H]2O[C@]1(C)OC. The second-order valence-electron chi connectivity index (χ2n) is 7.46. The van der Waals surface area contributed by atoms with Crippen LogP contribution in [0.3, 0.4) is 0 Å². The lowest BCUT2D eigenvalue weighted by Gasteiger charge is -2.56. The maximum Gasteiger partial charge on any atom is 0.220 e. The van der Waals surface area contributed by atoms with Gasteiger partial charge >= 0.3 is 0 Å². The molecule has 0 saturated carbocycles. The number of hydrogen-bond acceptors (Lipinski definition) is 5. The number of likely N-dealkylation sites (tertiary alicyclic amines) is 1. The summed E-state index contributed by atoms with van der Waals surface area (Å²) in [6, 6.07) is 10.3. The molecule has 3 rings (SSSR count). The first-order valence-electron chi connectivity index (χ1n) is 9.23. The molecule has 0 spiro atoms. The summed E-state index contributed by atoms with van der Waals surface area (Å²) in [5.74, 6) is -2.03. The van der Waals surface area contributed by atoms with E-state index in [2.05, 4.69) is 17.0 Å². The fourth-order valence-electron chi connectivity index (χ4n) is 4.04. The van der Waals surface area contributed by atoms with Crippen molar-refractivity contribution in [2.24, 2.45) is 5.92 Å². The summed E-state index contributed by atoms with van der Waals surface area (Å²) in [5, 5.41) is 0. The monoisotopic (exact) mass is 367 g/mol. The predicted molar refractivity (Wildman–Crippen MR) is 96.4 cm³/mol. The third kappa shape index (κ3) is 3.66. The van der Waals surface area contributed by atoms with Crippen molar-refractivity contribution in [3.05, 3.63) is 35.9 Å². The number of methoxy groups -OCH3 is 2. The van der Waals surface area contributed by atoms with Crippen molar-refractivity contribution >= 4 is 0 Å². The summed E-state index contributed by atoms with van der Waals surface area (Å²) in [4.78, 5) is 2.31. The van der Waals surface area contributed by atoms with Gasteiger partial charge in [0.05, 0.1) is 12.8 Å². The standard InChI is InChI=1S/C20H30FNO4/c1-19(23-3)20(2,24-4)26-18-16(10-11-21)13-22(14-17(18)25-19)12-15-8-6-5-7-9-15/h5-9,16-18H,10-14H2,1-4H3/t16-,17+,18+,19-,20-/m0/s1. The molecule has 0 amide bonds. The largest absolute Gasteiger partial charge is 0.349 e. The average molecular weight is 367 g/mol. The molecule has 5 atom stereocenters. The van der Waals surface area contributed by atoms with Gasteiger partial charge in [-0.3, -0.25) is 9.29 Å². The molecule has 2 aliphatic heterocycles. The lowest BCUT2D eigenvalue weighted by Crippen LogP contribution is -2.70. The van der Waals surface area contributed by atoms with Gasteiger partial charge in [0.25, 0.3) is 0 Å². The van der Waals surface area contributed by atoms with E-state index in [4.69, 9.17) is 18.9 Å². The van der Waals surface area contributed by atoms with Crippen molar-refractivity contribution < 1.29 is 23.3 Å². The van der Waals surface area contributed by atoms with Crippen molar-refractivity contribution in [1.82, 2.24) is 4.90 Å². The molecule has 0 aliphatic carbocycles. The van der Waals surface area contributed by atoms with E-state index in [-0.39, 0.29) is 24.8 Å². The fraction of sp³-hybridized carbons (Fsp3) is 0.700. The Morgan fingerprint density at radius 2 is 1.73 bits per heavy atom. The van der Waals surface area contributed by atoms with Gasteiger partial charge in [0, 0.05) is 39.8 Å². The van der Waals surface area contributed by atoms with Crippen LogP contribution in [0.25, 0.3) is 0 Å². The molecule has 2 saturated heterocycles. The Balaban J connectivity index is 1.80. The van der Waals surface area contributed by atoms with Crippen LogP contribution in [-0.2, 0) is 25.5 Å². The summed E-state index contributed by atoms with van der Waals surface area (Å²) in [6.07, 6.45) is 0.0300. The van der Waals surface area contributed by atoms with Gasteiger partial charge in [0.1, 0.15) is 6.10 Å². The van der Waals surface area contributed by atoms with Crippen LogP contribution in [0.5, 0.6) is 0 Å². The molecule has 2 heterocycles. The number of fused-ring (bicyclic) bond motifs is 1. The van der Waals surface area contributed by atoms with Crippen molar-refractivity contribution in [3.63, 3.8) is 0 Å². The Bertz CT molecular complexity index is 588. The molecule has 0 bridgehead atoms. The van der Waals surface area contributed by atoms with Gasteiger partial charge in [-0.2, -0.15) is 0 Å². The molecule has 0 unspecified atom stereocenters. The third-order valence-electron chi connectivity index (χ3n) is 5.83. The van der Waals surface area contributed by atoms with Crippen LogP contribution < -0.4 is 0 Å². The number of rotatable bonds is 6. The van der Waals surface area contributed by atoms with Gasteiger partial charge in [0.15, 0.2) is 0 Å². The van der Waals surface area contributed by atoms with E-state index in [9.17, 15) is 4.39 Å². The third-order valence-corrected chi connectivity index (χ3v) is 5.83. The van der Waals surface area contributed by atoms with Gasteiger partial charge in [-0.05, 0) is 25.8 Å². The van der Waals surface area contributed by atoms with Crippen LogP contribution in [0.2, 0.25) is 0 Å². The van der Waals surface area contributed by atoms with Crippen LogP contribution >= 0.6 is 0 Å². The van der Waals surface area contributed by atoms with Crippen molar-refractivity contribution in [2.75, 3.05) is 34.0 Å². The Morgan fingerprint density at radius 3 is 2.35 bits per heavy atom. The minimum absolute atomic E-state index is 0.0401. The average Bonchev–Trinajstić information content (AvgIpc) is 2.64. The van der Waals surface area contributed by atoms with Gasteiger partial charge in [0.2, 0.25) is 11.6 Å². The maximum absolute atomic E-state index is 13.2. The molecule has 0 N–H and O–H groups in total. The number of halogens is 1. The quantitative estimate of drug-likeness (QED) is 0.773. The Labute approximate surface area is 155 Å². The van der Waals surface area contributed by atoms with Crippen LogP contribution in [0.4, 0.5) is 4.39 Å². The van der Waals surface area contributed by atoms with E-state index < -0.39 is 11.6 Å². The highest BCUT2D eigenvalue weighted by Crippen LogP contribution is 2.43. The highest BCUT2D eigenvalue weighted by Gasteiger charge is 2.59. The van der Waals surface area contributed by atoms with Crippen molar-refractivity contribution in [3.8, 4) is 0 Å². The number of hydrogen-bond donors (Lipinski definition) is 0. The molecule has 5 nitrogen and oxygen atoms in total. The van der Waals surface area contributed by atoms with E-state index in [0.717, 1.165) is 13.1 Å². The molecule has 146 valence electrons. The number of nitrogens with zero attached hydrogens (tertiary/aromatic N) is 1. The second-order valence-corrected chi connectivity index (χ2v) is 7.46. The topological polar surface area (TPSA) is 40.2 Å². The minimum Gasteiger partial charge on any atom is -0.349 e. The molecular formula is C20H30FNO4. The molecule has 6 heteroatoms. The van der Waals surface area contributed by atoms with E-state index in [1.54, 1.807) is 14.2 Å². The first-order valence-corrected chi connectivity index (χ1v) is 9.23. The van der Waals surface area contributed by atoms with E-state index >= 15 is 0 Å². The summed E-state index contributed by atoms with van der Waals surface area (Å²) in [7, 11) is 3.17. The smallest absolute Gasteiger partial charge is 0.220 e. The Morgan fingerprint density at radius 1 is 1.08 bits per heavy atom. The Hall–Kier alpha value is -1.05. The van der Waals surface area contributed by atoms with Crippen LogP contribution in [-0.4, -0.2) is 62.7 Å². The summed E-state index contributed by atoms with van der Waals surface area (Å²) in [6.45, 7) is 5.56. The number of ether oxygens (including phenoxy) is 4. The molecule has 1 aromatic carbocycles. The second kappa shape index (κ2) is 7.90. The summed E-state index contributed by atoms with van der Waals surface area (Å²) in [5.41, 5.74) is 1.23. The summed E-state index contributed by atoms with van der Waals surface area (Å²) >= 11 is 0. The lowest BCUT2D eigenvalue weighted by molar-refractivity contribution is -0.457. The molecular weight excluding hydrogens is 337 g/mol. The minimum atomic E-state index is -1.04. The van der Waals surface area contributed by atoms with Crippen LogP contribution in [0.1, 0.15) is 25.8 Å². The summed E-state index contributed by atoms with van der Waals surface area (Å²) < 4.78 is 37.1. The van der Waals surface area contributed by atoms with Crippen molar-refractivity contribution in [2.45, 2.75) is 50.6 Å². The highest BCUT2D eigenvalue weighted by atomic mass is 19.1. The van der Waals surface area contributed by atoms with Crippen LogP contribution in [0.15, 0.2) is 30.3 Å². The zero-order valence-electron chi connectivity index (χ0n) is 16.1. The number of piperidine rings is 1. The molecule has 0 aromatic heterocycles. The normalized spacial score (nSPS) is 38.1. The van der Waals surface area contributed by atoms with Gasteiger partial charge in [-0.1, -0.05) is 30.3 Å². The van der Waals surface area contributed by atoms with Crippen LogP contribution in [0, 0.1) is 5.92 Å². The van der Waals surface area contributed by atoms with Gasteiger partial charge in [-0.25, -0.2) is 0 Å². The molecule has 2 aliphatic rings. The molecule has 2 fully saturated rings. The molecule has 26 heavy (non-hydrogen) atoms. The first-order chi connectivity index (χ1) is 12.4. The predicted octanol–water partition coefficient (Wildman–Crippen LogP) is 2.99. The van der Waals surface area contributed by atoms with E-state index in [1.165, 1.54) is 5.56 Å². The molecule has 1 aromatic rings. The number of alkyl halides is 1. The zero-order chi connectivity index (χ0) is 18.8. The zero-order valence-corrected chi connectivity index (χ0v) is 16.1. The van der Waals surface area contributed by atoms with E-state index in [1.807, 2.05) is 32.0 Å². The highest BCUT2D eigenvalue weighted by molar-refractivity contribution is 5.15. The van der Waals surface area contributed by atoms with E-state index in [0.29, 0.717) is 13.0 Å². The van der Waals surface area contributed by atoms with Gasteiger partial charge < -0.3 is 18.9 Å². The van der Waals surface area contributed by atoms with Gasteiger partial charge in [-0.15, -0.1) is 0 Å². The lowest BCUT2D eigenvalue weighted by atomic mass is 9.87. The maximum atomic E-state index is 13.2. The first kappa shape index (κ1) is 19.7. The number of benzene rings is 1.